The monoisotopic (exact) mass is 201 g/mol. The molecule has 2 nitrogen and oxygen atoms in total. The first kappa shape index (κ1) is 9.97. The molecule has 1 heterocycles. The van der Waals surface area contributed by atoms with Crippen LogP contribution in [0.4, 0.5) is 0 Å². The van der Waals surface area contributed by atoms with E-state index in [2.05, 4.69) is 67.8 Å². The number of hydrogen-bond acceptors (Lipinski definition) is 0. The Hall–Kier alpha value is -1.57. The Kier molecular flexibility index (Phi) is 2.35. The lowest BCUT2D eigenvalue weighted by Gasteiger charge is -2.06. The molecule has 1 aromatic heterocycles. The highest BCUT2D eigenvalue weighted by Gasteiger charge is 2.11. The van der Waals surface area contributed by atoms with Gasteiger partial charge in [-0.25, -0.2) is 0 Å². The van der Waals surface area contributed by atoms with E-state index in [1.807, 2.05) is 0 Å². The van der Waals surface area contributed by atoms with Crippen LogP contribution in [0, 0.1) is 20.8 Å². The quantitative estimate of drug-likeness (QED) is 0.626. The van der Waals surface area contributed by atoms with Crippen molar-refractivity contribution >= 4 is 0 Å². The second-order valence-electron chi connectivity index (χ2n) is 4.14. The van der Waals surface area contributed by atoms with Crippen molar-refractivity contribution in [2.75, 3.05) is 0 Å². The van der Waals surface area contributed by atoms with E-state index >= 15 is 0 Å². The smallest absolute Gasteiger partial charge is 0.128 e. The van der Waals surface area contributed by atoms with Crippen LogP contribution in [-0.4, -0.2) is 4.68 Å². The Labute approximate surface area is 90.8 Å². The summed E-state index contributed by atoms with van der Waals surface area (Å²) in [6.45, 7) is 6.43. The first-order chi connectivity index (χ1) is 7.09. The van der Waals surface area contributed by atoms with E-state index in [1.165, 1.54) is 22.4 Å². The molecule has 0 aliphatic heterocycles. The van der Waals surface area contributed by atoms with E-state index in [0.717, 1.165) is 0 Å². The number of aryl methyl sites for hydroxylation is 3. The summed E-state index contributed by atoms with van der Waals surface area (Å²) < 4.78 is 4.29. The van der Waals surface area contributed by atoms with Crippen molar-refractivity contribution in [1.29, 1.82) is 0 Å². The zero-order valence-electron chi connectivity index (χ0n) is 9.78. The fourth-order valence-electron chi connectivity index (χ4n) is 1.90. The van der Waals surface area contributed by atoms with Gasteiger partial charge in [-0.15, -0.1) is 9.36 Å². The van der Waals surface area contributed by atoms with Gasteiger partial charge in [0.2, 0.25) is 0 Å². The second-order valence-corrected chi connectivity index (χ2v) is 4.14. The Balaban J connectivity index is 2.64. The molecule has 1 aromatic carbocycles. The van der Waals surface area contributed by atoms with Crippen molar-refractivity contribution in [3.63, 3.8) is 0 Å². The molecule has 0 saturated carbocycles. The summed E-state index contributed by atoms with van der Waals surface area (Å²) in [4.78, 5) is 0. The zero-order valence-corrected chi connectivity index (χ0v) is 9.78. The Morgan fingerprint density at radius 3 is 2.47 bits per heavy atom. The molecule has 0 saturated heterocycles. The summed E-state index contributed by atoms with van der Waals surface area (Å²) in [5.74, 6) is 0. The summed E-state index contributed by atoms with van der Waals surface area (Å²) in [7, 11) is 2.06. The molecule has 0 unspecified atom stereocenters. The SMILES string of the molecule is Cc1cn(-c2cccc(C)c2C)[n+](C)c1. The van der Waals surface area contributed by atoms with Crippen LogP contribution in [0.3, 0.4) is 0 Å². The molecule has 0 N–H and O–H groups in total. The highest BCUT2D eigenvalue weighted by atomic mass is 15.4. The summed E-state index contributed by atoms with van der Waals surface area (Å²) in [6.07, 6.45) is 4.28. The third kappa shape index (κ3) is 1.67. The van der Waals surface area contributed by atoms with Crippen LogP contribution in [0.1, 0.15) is 16.7 Å². The first-order valence-electron chi connectivity index (χ1n) is 5.21. The lowest BCUT2D eigenvalue weighted by atomic mass is 10.1. The van der Waals surface area contributed by atoms with Crippen LogP contribution in [0.2, 0.25) is 0 Å². The molecule has 2 aromatic rings. The summed E-state index contributed by atoms with van der Waals surface area (Å²) in [6, 6.07) is 6.41. The number of benzene rings is 1. The molecule has 0 aliphatic rings. The van der Waals surface area contributed by atoms with E-state index in [4.69, 9.17) is 0 Å². The maximum atomic E-state index is 2.18. The van der Waals surface area contributed by atoms with Crippen LogP contribution in [0.25, 0.3) is 5.69 Å². The fraction of sp³-hybridized carbons (Fsp3) is 0.308. The van der Waals surface area contributed by atoms with Gasteiger partial charge < -0.3 is 0 Å². The maximum absolute atomic E-state index is 2.18. The van der Waals surface area contributed by atoms with Crippen LogP contribution >= 0.6 is 0 Å². The van der Waals surface area contributed by atoms with Crippen molar-refractivity contribution in [2.24, 2.45) is 7.05 Å². The molecule has 0 fully saturated rings. The summed E-state index contributed by atoms with van der Waals surface area (Å²) in [5.41, 5.74) is 5.20. The highest BCUT2D eigenvalue weighted by molar-refractivity contribution is 5.43. The lowest BCUT2D eigenvalue weighted by Crippen LogP contribution is -2.37. The lowest BCUT2D eigenvalue weighted by molar-refractivity contribution is -0.744. The summed E-state index contributed by atoms with van der Waals surface area (Å²) in [5, 5.41) is 0. The molecule has 15 heavy (non-hydrogen) atoms. The van der Waals surface area contributed by atoms with Crippen molar-refractivity contribution in [3.8, 4) is 5.69 Å². The normalized spacial score (nSPS) is 10.7. The number of aromatic nitrogens is 2. The third-order valence-electron chi connectivity index (χ3n) is 2.88. The average molecular weight is 201 g/mol. The molecule has 0 atom stereocenters. The topological polar surface area (TPSA) is 8.81 Å². The average Bonchev–Trinajstić information content (AvgIpc) is 2.50. The van der Waals surface area contributed by atoms with Gasteiger partial charge in [0, 0.05) is 5.56 Å². The van der Waals surface area contributed by atoms with Gasteiger partial charge in [-0.3, -0.25) is 0 Å². The molecular formula is C13H17N2+. The van der Waals surface area contributed by atoms with Gasteiger partial charge in [0.1, 0.15) is 5.69 Å². The molecule has 0 amide bonds. The molecule has 0 spiro atoms. The Bertz CT molecular complexity index is 495. The van der Waals surface area contributed by atoms with E-state index in [1.54, 1.807) is 0 Å². The van der Waals surface area contributed by atoms with Crippen molar-refractivity contribution in [2.45, 2.75) is 20.8 Å². The minimum atomic E-state index is 1.26. The Morgan fingerprint density at radius 1 is 1.13 bits per heavy atom. The molecule has 0 bridgehead atoms. The van der Waals surface area contributed by atoms with Gasteiger partial charge in [0.25, 0.3) is 0 Å². The van der Waals surface area contributed by atoms with Crippen molar-refractivity contribution in [1.82, 2.24) is 4.68 Å². The van der Waals surface area contributed by atoms with Gasteiger partial charge in [0.05, 0.1) is 6.20 Å². The number of hydrogen-bond donors (Lipinski definition) is 0. The van der Waals surface area contributed by atoms with Gasteiger partial charge in [-0.1, -0.05) is 12.1 Å². The van der Waals surface area contributed by atoms with Crippen LogP contribution < -0.4 is 4.68 Å². The largest absolute Gasteiger partial charge is 0.198 e. The molecule has 78 valence electrons. The minimum Gasteiger partial charge on any atom is -0.128 e. The van der Waals surface area contributed by atoms with Gasteiger partial charge in [-0.05, 0) is 38.0 Å². The first-order valence-corrected chi connectivity index (χ1v) is 5.21. The van der Waals surface area contributed by atoms with Crippen molar-refractivity contribution in [3.05, 3.63) is 47.3 Å². The molecular weight excluding hydrogens is 184 g/mol. The second kappa shape index (κ2) is 3.54. The zero-order chi connectivity index (χ0) is 11.0. The minimum absolute atomic E-state index is 1.26. The van der Waals surface area contributed by atoms with E-state index in [-0.39, 0.29) is 0 Å². The number of rotatable bonds is 1. The maximum Gasteiger partial charge on any atom is 0.198 e. The third-order valence-corrected chi connectivity index (χ3v) is 2.88. The van der Waals surface area contributed by atoms with Crippen LogP contribution in [0.15, 0.2) is 30.6 Å². The highest BCUT2D eigenvalue weighted by Crippen LogP contribution is 2.16. The van der Waals surface area contributed by atoms with E-state index in [0.29, 0.717) is 0 Å². The summed E-state index contributed by atoms with van der Waals surface area (Å²) >= 11 is 0. The predicted molar refractivity (Wildman–Crippen MR) is 61.2 cm³/mol. The van der Waals surface area contributed by atoms with Crippen molar-refractivity contribution < 1.29 is 4.68 Å². The van der Waals surface area contributed by atoms with Gasteiger partial charge in [0.15, 0.2) is 13.2 Å². The van der Waals surface area contributed by atoms with Gasteiger partial charge in [-0.2, -0.15) is 0 Å². The number of nitrogens with zero attached hydrogens (tertiary/aromatic N) is 2. The molecule has 0 aliphatic carbocycles. The molecule has 2 heteroatoms. The van der Waals surface area contributed by atoms with E-state index in [9.17, 15) is 0 Å². The van der Waals surface area contributed by atoms with E-state index < -0.39 is 0 Å². The molecule has 2 rings (SSSR count). The predicted octanol–water partition coefficient (Wildman–Crippen LogP) is 2.23. The van der Waals surface area contributed by atoms with Gasteiger partial charge >= 0.3 is 0 Å². The molecule has 0 radical (unpaired) electrons. The fourth-order valence-corrected chi connectivity index (χ4v) is 1.90. The van der Waals surface area contributed by atoms with Crippen LogP contribution in [-0.2, 0) is 7.05 Å². The Morgan fingerprint density at radius 2 is 1.87 bits per heavy atom. The standard InChI is InChI=1S/C13H17N2/c1-10-8-14(4)15(9-10)13-7-5-6-11(2)12(13)3/h5-9H,1-4H3/q+1. The van der Waals surface area contributed by atoms with Crippen LogP contribution in [0.5, 0.6) is 0 Å².